The zero-order valence-corrected chi connectivity index (χ0v) is 12.2. The van der Waals surface area contributed by atoms with E-state index < -0.39 is 12.0 Å². The van der Waals surface area contributed by atoms with Gasteiger partial charge < -0.3 is 19.8 Å². The average Bonchev–Trinajstić information content (AvgIpc) is 2.76. The lowest BCUT2D eigenvalue weighted by molar-refractivity contribution is -0.137. The van der Waals surface area contributed by atoms with Crippen LogP contribution in [0.4, 0.5) is 4.79 Å². The molecule has 1 heterocycles. The van der Waals surface area contributed by atoms with E-state index in [9.17, 15) is 9.59 Å². The lowest BCUT2D eigenvalue weighted by Crippen LogP contribution is -2.42. The van der Waals surface area contributed by atoms with Crippen LogP contribution in [0.3, 0.4) is 0 Å². The number of nitrogens with zero attached hydrogens (tertiary/aromatic N) is 2. The van der Waals surface area contributed by atoms with E-state index in [4.69, 9.17) is 9.63 Å². The van der Waals surface area contributed by atoms with Gasteiger partial charge in [0.25, 0.3) is 0 Å². The molecule has 20 heavy (non-hydrogen) atoms. The van der Waals surface area contributed by atoms with E-state index in [-0.39, 0.29) is 18.4 Å². The Morgan fingerprint density at radius 1 is 1.45 bits per heavy atom. The van der Waals surface area contributed by atoms with Crippen molar-refractivity contribution in [3.8, 4) is 0 Å². The number of amides is 2. The predicted molar refractivity (Wildman–Crippen MR) is 72.3 cm³/mol. The topological polar surface area (TPSA) is 95.7 Å². The molecule has 0 aliphatic carbocycles. The summed E-state index contributed by atoms with van der Waals surface area (Å²) in [6, 6.07) is 1.05. The molecule has 0 radical (unpaired) electrons. The molecule has 0 spiro atoms. The van der Waals surface area contributed by atoms with Crippen LogP contribution in [0.15, 0.2) is 10.6 Å². The molecule has 0 fully saturated rings. The molecular formula is C13H21N3O4. The van der Waals surface area contributed by atoms with Crippen molar-refractivity contribution in [3.05, 3.63) is 17.5 Å². The maximum Gasteiger partial charge on any atom is 0.317 e. The van der Waals surface area contributed by atoms with Gasteiger partial charge in [0.05, 0.1) is 13.0 Å². The van der Waals surface area contributed by atoms with Gasteiger partial charge in [-0.05, 0) is 6.92 Å². The highest BCUT2D eigenvalue weighted by Crippen LogP contribution is 2.15. The van der Waals surface area contributed by atoms with Crippen molar-refractivity contribution in [2.75, 3.05) is 7.05 Å². The smallest absolute Gasteiger partial charge is 0.317 e. The van der Waals surface area contributed by atoms with Gasteiger partial charge in [0.1, 0.15) is 11.5 Å². The fourth-order valence-corrected chi connectivity index (χ4v) is 1.62. The summed E-state index contributed by atoms with van der Waals surface area (Å²) < 4.78 is 5.15. The van der Waals surface area contributed by atoms with E-state index in [1.165, 1.54) is 4.90 Å². The first-order valence-electron chi connectivity index (χ1n) is 6.48. The summed E-state index contributed by atoms with van der Waals surface area (Å²) in [7, 11) is 1.62. The molecular weight excluding hydrogens is 262 g/mol. The van der Waals surface area contributed by atoms with Crippen LogP contribution < -0.4 is 5.32 Å². The Balaban J connectivity index is 2.50. The van der Waals surface area contributed by atoms with Gasteiger partial charge in [-0.3, -0.25) is 4.79 Å². The van der Waals surface area contributed by atoms with E-state index >= 15 is 0 Å². The second-order valence-electron chi connectivity index (χ2n) is 5.18. The summed E-state index contributed by atoms with van der Waals surface area (Å²) in [6.07, 6.45) is -0.110. The first-order chi connectivity index (χ1) is 9.29. The maximum absolute atomic E-state index is 11.8. The molecule has 7 nitrogen and oxygen atoms in total. The molecule has 0 saturated carbocycles. The summed E-state index contributed by atoms with van der Waals surface area (Å²) in [6.45, 7) is 5.94. The van der Waals surface area contributed by atoms with Gasteiger partial charge in [0, 0.05) is 25.1 Å². The third-order valence-electron chi connectivity index (χ3n) is 2.74. The first kappa shape index (κ1) is 16.0. The van der Waals surface area contributed by atoms with E-state index in [1.807, 2.05) is 19.9 Å². The normalized spacial score (nSPS) is 12.2. The molecule has 0 bridgehead atoms. The highest BCUT2D eigenvalue weighted by Gasteiger charge is 2.16. The van der Waals surface area contributed by atoms with Crippen LogP contribution in [0, 0.1) is 0 Å². The Labute approximate surface area is 117 Å². The maximum atomic E-state index is 11.8. The minimum absolute atomic E-state index is 0.110. The monoisotopic (exact) mass is 283 g/mol. The molecule has 0 aliphatic heterocycles. The van der Waals surface area contributed by atoms with Crippen molar-refractivity contribution in [2.45, 2.75) is 45.7 Å². The molecule has 0 aliphatic rings. The average molecular weight is 283 g/mol. The first-order valence-corrected chi connectivity index (χ1v) is 6.48. The van der Waals surface area contributed by atoms with Crippen molar-refractivity contribution >= 4 is 12.0 Å². The number of carboxylic acid groups (broad SMARTS) is 1. The van der Waals surface area contributed by atoms with Crippen molar-refractivity contribution in [1.29, 1.82) is 0 Å². The van der Waals surface area contributed by atoms with Gasteiger partial charge in [0.15, 0.2) is 0 Å². The summed E-state index contributed by atoms with van der Waals surface area (Å²) in [5.74, 6) is 0.0672. The van der Waals surface area contributed by atoms with Gasteiger partial charge in [0.2, 0.25) is 0 Å². The van der Waals surface area contributed by atoms with Gasteiger partial charge in [-0.2, -0.15) is 0 Å². The van der Waals surface area contributed by atoms with Crippen LogP contribution >= 0.6 is 0 Å². The molecule has 1 aromatic heterocycles. The molecule has 1 atom stereocenters. The minimum Gasteiger partial charge on any atom is -0.481 e. The number of hydrogen-bond donors (Lipinski definition) is 2. The molecule has 2 amide bonds. The standard InChI is InChI=1S/C13H21N3O4/c1-8(2)11-6-10(15-20-11)7-16(4)13(19)14-9(3)5-12(17)18/h6,8-9H,5,7H2,1-4H3,(H,14,19)(H,17,18)/t9-/m0/s1. The number of carbonyl (C=O) groups is 2. The Bertz CT molecular complexity index is 470. The third-order valence-corrected chi connectivity index (χ3v) is 2.74. The second-order valence-corrected chi connectivity index (χ2v) is 5.18. The Kier molecular flexibility index (Phi) is 5.54. The molecule has 112 valence electrons. The quantitative estimate of drug-likeness (QED) is 0.830. The van der Waals surface area contributed by atoms with Crippen LogP contribution in [0.25, 0.3) is 0 Å². The lowest BCUT2D eigenvalue weighted by atomic mass is 10.1. The zero-order valence-electron chi connectivity index (χ0n) is 12.2. The van der Waals surface area contributed by atoms with Crippen LogP contribution in [-0.4, -0.2) is 40.3 Å². The summed E-state index contributed by atoms with van der Waals surface area (Å²) in [5, 5.41) is 15.1. The number of carboxylic acids is 1. The van der Waals surface area contributed by atoms with Gasteiger partial charge in [-0.1, -0.05) is 19.0 Å². The number of nitrogens with one attached hydrogen (secondary N) is 1. The molecule has 1 rings (SSSR count). The lowest BCUT2D eigenvalue weighted by Gasteiger charge is -2.19. The predicted octanol–water partition coefficient (Wildman–Crippen LogP) is 1.80. The number of carbonyl (C=O) groups excluding carboxylic acids is 1. The summed E-state index contributed by atoms with van der Waals surface area (Å²) in [4.78, 5) is 23.8. The highest BCUT2D eigenvalue weighted by atomic mass is 16.5. The number of aromatic nitrogens is 1. The SMILES string of the molecule is CC(C)c1cc(CN(C)C(=O)N[C@@H](C)CC(=O)O)no1. The Morgan fingerprint density at radius 3 is 2.60 bits per heavy atom. The van der Waals surface area contributed by atoms with E-state index in [2.05, 4.69) is 10.5 Å². The number of hydrogen-bond acceptors (Lipinski definition) is 4. The Morgan fingerprint density at radius 2 is 2.10 bits per heavy atom. The fraction of sp³-hybridized carbons (Fsp3) is 0.615. The van der Waals surface area contributed by atoms with Gasteiger partial charge in [-0.15, -0.1) is 0 Å². The zero-order chi connectivity index (χ0) is 15.3. The third kappa shape index (κ3) is 4.91. The minimum atomic E-state index is -0.946. The molecule has 7 heteroatoms. The molecule has 1 aromatic rings. The number of aliphatic carboxylic acids is 1. The highest BCUT2D eigenvalue weighted by molar-refractivity contribution is 5.75. The number of rotatable bonds is 6. The van der Waals surface area contributed by atoms with Crippen molar-refractivity contribution < 1.29 is 19.2 Å². The van der Waals surface area contributed by atoms with Crippen molar-refractivity contribution in [1.82, 2.24) is 15.4 Å². The van der Waals surface area contributed by atoms with Crippen LogP contribution in [0.5, 0.6) is 0 Å². The summed E-state index contributed by atoms with van der Waals surface area (Å²) in [5.41, 5.74) is 0.664. The summed E-state index contributed by atoms with van der Waals surface area (Å²) >= 11 is 0. The van der Waals surface area contributed by atoms with Gasteiger partial charge in [-0.25, -0.2) is 4.79 Å². The molecule has 2 N–H and O–H groups in total. The molecule has 0 unspecified atom stereocenters. The molecule has 0 saturated heterocycles. The Hall–Kier alpha value is -2.05. The van der Waals surface area contributed by atoms with E-state index in [0.717, 1.165) is 5.76 Å². The van der Waals surface area contributed by atoms with E-state index in [0.29, 0.717) is 12.2 Å². The van der Waals surface area contributed by atoms with Gasteiger partial charge >= 0.3 is 12.0 Å². The van der Waals surface area contributed by atoms with Crippen LogP contribution in [-0.2, 0) is 11.3 Å². The molecule has 0 aromatic carbocycles. The number of urea groups is 1. The van der Waals surface area contributed by atoms with Crippen LogP contribution in [0.2, 0.25) is 0 Å². The fourth-order valence-electron chi connectivity index (χ4n) is 1.62. The van der Waals surface area contributed by atoms with Crippen molar-refractivity contribution in [3.63, 3.8) is 0 Å². The van der Waals surface area contributed by atoms with E-state index in [1.54, 1.807) is 14.0 Å². The second kappa shape index (κ2) is 6.93. The largest absolute Gasteiger partial charge is 0.481 e. The van der Waals surface area contributed by atoms with Crippen LogP contribution in [0.1, 0.15) is 44.6 Å². The van der Waals surface area contributed by atoms with Crippen molar-refractivity contribution in [2.24, 2.45) is 0 Å².